The van der Waals surface area contributed by atoms with E-state index in [1.807, 2.05) is 0 Å². The third-order valence-electron chi connectivity index (χ3n) is 4.84. The van der Waals surface area contributed by atoms with E-state index in [0.29, 0.717) is 17.5 Å². The molecule has 0 saturated carbocycles. The van der Waals surface area contributed by atoms with Crippen LogP contribution in [0.4, 0.5) is 41.2 Å². The molecule has 5 nitrogen and oxygen atoms in total. The number of aromatic nitrogens is 1. The summed E-state index contributed by atoms with van der Waals surface area (Å²) in [4.78, 5) is 24.3. The van der Waals surface area contributed by atoms with Gasteiger partial charge in [-0.05, 0) is 30.7 Å². The molecule has 0 bridgehead atoms. The van der Waals surface area contributed by atoms with Crippen LogP contribution in [0.25, 0.3) is 10.9 Å². The first-order valence-electron chi connectivity index (χ1n) is 8.83. The summed E-state index contributed by atoms with van der Waals surface area (Å²) < 4.78 is 93.0. The number of primary amides is 1. The molecular formula is C20H14F7N3O2. The molecule has 3 N–H and O–H groups in total. The number of carbonyl (C=O) groups excluding carboxylic acids is 2. The molecule has 3 rings (SSSR count). The normalized spacial score (nSPS) is 12.8. The van der Waals surface area contributed by atoms with E-state index < -0.39 is 35.5 Å². The van der Waals surface area contributed by atoms with Crippen molar-refractivity contribution in [3.63, 3.8) is 0 Å². The molecule has 3 aromatic rings. The minimum absolute atomic E-state index is 0.0206. The highest BCUT2D eigenvalue weighted by Gasteiger charge is 2.73. The Bertz CT molecular complexity index is 1200. The van der Waals surface area contributed by atoms with Gasteiger partial charge in [0.05, 0.1) is 11.1 Å². The zero-order valence-corrected chi connectivity index (χ0v) is 16.1. The van der Waals surface area contributed by atoms with Crippen LogP contribution in [0.5, 0.6) is 0 Å². The Morgan fingerprint density at radius 2 is 1.56 bits per heavy atom. The van der Waals surface area contributed by atoms with Crippen LogP contribution in [-0.4, -0.2) is 28.9 Å². The number of nitrogens with one attached hydrogen (secondary N) is 1. The second-order valence-corrected chi connectivity index (χ2v) is 6.91. The number of alkyl halides is 7. The first-order valence-corrected chi connectivity index (χ1v) is 8.83. The summed E-state index contributed by atoms with van der Waals surface area (Å²) in [6, 6.07) is 6.53. The Morgan fingerprint density at radius 3 is 2.09 bits per heavy atom. The van der Waals surface area contributed by atoms with Crippen LogP contribution >= 0.6 is 0 Å². The summed E-state index contributed by atoms with van der Waals surface area (Å²) in [6.07, 6.45) is -11.2. The lowest BCUT2D eigenvalue weighted by Gasteiger charge is -2.30. The van der Waals surface area contributed by atoms with Crippen molar-refractivity contribution in [3.05, 3.63) is 65.4 Å². The van der Waals surface area contributed by atoms with Gasteiger partial charge in [0.1, 0.15) is 0 Å². The number of amides is 2. The molecule has 0 aliphatic heterocycles. The van der Waals surface area contributed by atoms with Crippen molar-refractivity contribution in [1.82, 2.24) is 4.57 Å². The summed E-state index contributed by atoms with van der Waals surface area (Å²) in [5, 5.41) is 2.80. The molecule has 0 aliphatic carbocycles. The number of aryl methyl sites for hydroxylation is 1. The molecule has 12 heteroatoms. The lowest BCUT2D eigenvalue weighted by molar-refractivity contribution is -0.348. The van der Waals surface area contributed by atoms with Gasteiger partial charge in [0.15, 0.2) is 0 Å². The fraction of sp³-hybridized carbons (Fsp3) is 0.200. The quantitative estimate of drug-likeness (QED) is 0.511. The van der Waals surface area contributed by atoms with Crippen molar-refractivity contribution in [1.29, 1.82) is 0 Å². The Kier molecular flexibility index (Phi) is 5.44. The predicted octanol–water partition coefficient (Wildman–Crippen LogP) is 5.42. The topological polar surface area (TPSA) is 77.1 Å². The molecule has 2 amide bonds. The lowest BCUT2D eigenvalue weighted by atomic mass is 9.92. The van der Waals surface area contributed by atoms with Crippen molar-refractivity contribution in [3.8, 4) is 0 Å². The molecule has 0 atom stereocenters. The van der Waals surface area contributed by atoms with Crippen molar-refractivity contribution in [2.75, 3.05) is 5.32 Å². The second kappa shape index (κ2) is 7.53. The Labute approximate surface area is 175 Å². The summed E-state index contributed by atoms with van der Waals surface area (Å²) in [5.41, 5.74) is -2.18. The average Bonchev–Trinajstić information content (AvgIpc) is 3.11. The molecule has 1 heterocycles. The standard InChI is InChI=1S/C20H14F7N3O2/c1-10-9-12(18(21,19(22,23)24)20(25,26)27)5-6-14(10)29-17(32)30-8-7-11-3-2-4-13(15(11)30)16(28)31/h2-9H,1H3,(H2,28,31)(H,29,32). The average molecular weight is 461 g/mol. The van der Waals surface area contributed by atoms with Gasteiger partial charge in [0.25, 0.3) is 5.91 Å². The van der Waals surface area contributed by atoms with Crippen molar-refractivity contribution < 1.29 is 40.3 Å². The van der Waals surface area contributed by atoms with E-state index in [1.165, 1.54) is 24.4 Å². The molecule has 0 unspecified atom stereocenters. The van der Waals surface area contributed by atoms with Crippen LogP contribution < -0.4 is 11.1 Å². The molecule has 0 saturated heterocycles. The largest absolute Gasteiger partial charge is 0.435 e. The molecule has 0 fully saturated rings. The highest BCUT2D eigenvalue weighted by atomic mass is 19.4. The van der Waals surface area contributed by atoms with Gasteiger partial charge in [0, 0.05) is 22.8 Å². The number of rotatable bonds is 3. The Hall–Kier alpha value is -3.57. The van der Waals surface area contributed by atoms with Gasteiger partial charge in [0.2, 0.25) is 0 Å². The van der Waals surface area contributed by atoms with Gasteiger partial charge >= 0.3 is 24.1 Å². The summed E-state index contributed by atoms with van der Waals surface area (Å²) in [5.74, 6) is -0.817. The third-order valence-corrected chi connectivity index (χ3v) is 4.84. The van der Waals surface area contributed by atoms with Crippen molar-refractivity contribution >= 4 is 28.5 Å². The number of carbonyl (C=O) groups is 2. The van der Waals surface area contributed by atoms with Crippen LogP contribution in [0.1, 0.15) is 21.5 Å². The minimum atomic E-state index is -6.25. The first kappa shape index (κ1) is 23.1. The van der Waals surface area contributed by atoms with Gasteiger partial charge in [-0.3, -0.25) is 9.36 Å². The Morgan fingerprint density at radius 1 is 0.938 bits per heavy atom. The van der Waals surface area contributed by atoms with E-state index in [9.17, 15) is 40.3 Å². The number of fused-ring (bicyclic) bond motifs is 1. The SMILES string of the molecule is Cc1cc(C(F)(C(F)(F)F)C(F)(F)F)ccc1NC(=O)n1ccc2cccc(C(N)=O)c21. The zero-order valence-electron chi connectivity index (χ0n) is 16.1. The zero-order chi connectivity index (χ0) is 24.1. The molecule has 2 aromatic carbocycles. The van der Waals surface area contributed by atoms with Crippen molar-refractivity contribution in [2.24, 2.45) is 5.73 Å². The number of nitrogens with zero attached hydrogens (tertiary/aromatic N) is 1. The number of anilines is 1. The Balaban J connectivity index is 2.00. The van der Waals surface area contributed by atoms with E-state index in [2.05, 4.69) is 5.32 Å². The van der Waals surface area contributed by atoms with Gasteiger partial charge in [-0.1, -0.05) is 24.3 Å². The lowest BCUT2D eigenvalue weighted by Crippen LogP contribution is -2.50. The summed E-state index contributed by atoms with van der Waals surface area (Å²) >= 11 is 0. The number of benzene rings is 2. The highest BCUT2D eigenvalue weighted by molar-refractivity contribution is 6.09. The maximum atomic E-state index is 14.2. The van der Waals surface area contributed by atoms with E-state index in [-0.39, 0.29) is 22.3 Å². The number of halogens is 7. The maximum Gasteiger partial charge on any atom is 0.435 e. The number of nitrogens with two attached hydrogens (primary N) is 1. The first-order chi connectivity index (χ1) is 14.7. The van der Waals surface area contributed by atoms with Gasteiger partial charge < -0.3 is 11.1 Å². The third kappa shape index (κ3) is 3.65. The monoisotopic (exact) mass is 461 g/mol. The second-order valence-electron chi connectivity index (χ2n) is 6.91. The predicted molar refractivity (Wildman–Crippen MR) is 101 cm³/mol. The molecule has 0 spiro atoms. The maximum absolute atomic E-state index is 14.2. The molecule has 170 valence electrons. The van der Waals surface area contributed by atoms with E-state index in [0.717, 1.165) is 17.6 Å². The van der Waals surface area contributed by atoms with Gasteiger partial charge in [-0.25, -0.2) is 9.18 Å². The molecule has 0 radical (unpaired) electrons. The van der Waals surface area contributed by atoms with E-state index in [1.54, 1.807) is 6.07 Å². The number of hydrogen-bond acceptors (Lipinski definition) is 2. The molecule has 0 aliphatic rings. The summed E-state index contributed by atoms with van der Waals surface area (Å²) in [7, 11) is 0. The fourth-order valence-electron chi connectivity index (χ4n) is 3.24. The van der Waals surface area contributed by atoms with E-state index >= 15 is 0 Å². The molecular weight excluding hydrogens is 447 g/mol. The number of hydrogen-bond donors (Lipinski definition) is 2. The van der Waals surface area contributed by atoms with Crippen LogP contribution in [0.2, 0.25) is 0 Å². The van der Waals surface area contributed by atoms with Crippen LogP contribution in [0.15, 0.2) is 48.7 Å². The number of para-hydroxylation sites is 1. The van der Waals surface area contributed by atoms with Crippen LogP contribution in [-0.2, 0) is 5.67 Å². The van der Waals surface area contributed by atoms with E-state index in [4.69, 9.17) is 5.73 Å². The fourth-order valence-corrected chi connectivity index (χ4v) is 3.24. The molecule has 32 heavy (non-hydrogen) atoms. The van der Waals surface area contributed by atoms with Crippen LogP contribution in [0.3, 0.4) is 0 Å². The smallest absolute Gasteiger partial charge is 0.366 e. The minimum Gasteiger partial charge on any atom is -0.366 e. The van der Waals surface area contributed by atoms with Crippen LogP contribution in [0, 0.1) is 6.92 Å². The summed E-state index contributed by atoms with van der Waals surface area (Å²) in [6.45, 7) is 1.11. The highest BCUT2D eigenvalue weighted by Crippen LogP contribution is 2.53. The van der Waals surface area contributed by atoms with Gasteiger partial charge in [-0.15, -0.1) is 0 Å². The molecule has 1 aromatic heterocycles. The van der Waals surface area contributed by atoms with Gasteiger partial charge in [-0.2, -0.15) is 26.3 Å². The van der Waals surface area contributed by atoms with Crippen molar-refractivity contribution in [2.45, 2.75) is 24.9 Å².